The van der Waals surface area contributed by atoms with E-state index in [-0.39, 0.29) is 30.9 Å². The molecule has 0 bridgehead atoms. The minimum atomic E-state index is -0.354. The van der Waals surface area contributed by atoms with E-state index in [0.29, 0.717) is 18.8 Å². The van der Waals surface area contributed by atoms with Crippen LogP contribution >= 0.6 is 0 Å². The molecule has 0 aliphatic carbocycles. The summed E-state index contributed by atoms with van der Waals surface area (Å²) in [5, 5.41) is 2.67. The van der Waals surface area contributed by atoms with Crippen molar-refractivity contribution in [3.05, 3.63) is 30.1 Å². The summed E-state index contributed by atoms with van der Waals surface area (Å²) in [6.45, 7) is 0.912. The van der Waals surface area contributed by atoms with Gasteiger partial charge in [-0.25, -0.2) is 4.39 Å². The van der Waals surface area contributed by atoms with Crippen LogP contribution in [-0.4, -0.2) is 38.8 Å². The van der Waals surface area contributed by atoms with E-state index >= 15 is 0 Å². The van der Waals surface area contributed by atoms with Crippen molar-refractivity contribution in [2.75, 3.05) is 26.8 Å². The van der Waals surface area contributed by atoms with Crippen LogP contribution in [0.25, 0.3) is 0 Å². The van der Waals surface area contributed by atoms with Crippen molar-refractivity contribution in [3.63, 3.8) is 0 Å². The molecule has 1 aromatic rings. The van der Waals surface area contributed by atoms with Crippen LogP contribution in [0.2, 0.25) is 0 Å². The Hall–Kier alpha value is -1.66. The number of rotatable bonds is 8. The van der Waals surface area contributed by atoms with Crippen molar-refractivity contribution in [1.29, 1.82) is 0 Å². The fourth-order valence-electron chi connectivity index (χ4n) is 1.46. The van der Waals surface area contributed by atoms with Gasteiger partial charge in [-0.15, -0.1) is 0 Å². The number of hydrogen-bond acceptors (Lipinski definition) is 4. The topological polar surface area (TPSA) is 73.6 Å². The maximum atomic E-state index is 12.9. The zero-order chi connectivity index (χ0) is 14.1. The molecule has 5 nitrogen and oxygen atoms in total. The summed E-state index contributed by atoms with van der Waals surface area (Å²) in [7, 11) is 1.51. The lowest BCUT2D eigenvalue weighted by atomic mass is 10.2. The Morgan fingerprint density at radius 1 is 1.53 bits per heavy atom. The third kappa shape index (κ3) is 6.17. The maximum Gasteiger partial charge on any atom is 0.222 e. The highest BCUT2D eigenvalue weighted by atomic mass is 19.1. The molecule has 1 unspecified atom stereocenters. The second kappa shape index (κ2) is 8.44. The molecule has 0 aliphatic heterocycles. The van der Waals surface area contributed by atoms with E-state index < -0.39 is 0 Å². The minimum Gasteiger partial charge on any atom is -0.492 e. The fourth-order valence-corrected chi connectivity index (χ4v) is 1.46. The molecule has 0 heterocycles. The van der Waals surface area contributed by atoms with Gasteiger partial charge in [0.15, 0.2) is 0 Å². The molecule has 19 heavy (non-hydrogen) atoms. The van der Waals surface area contributed by atoms with Gasteiger partial charge in [-0.05, 0) is 12.1 Å². The maximum absolute atomic E-state index is 12.9. The molecule has 0 saturated carbocycles. The largest absolute Gasteiger partial charge is 0.492 e. The van der Waals surface area contributed by atoms with Crippen LogP contribution in [0, 0.1) is 5.82 Å². The summed E-state index contributed by atoms with van der Waals surface area (Å²) < 4.78 is 23.1. The normalized spacial score (nSPS) is 11.9. The average molecular weight is 270 g/mol. The van der Waals surface area contributed by atoms with Gasteiger partial charge in [0, 0.05) is 19.7 Å². The molecule has 0 radical (unpaired) electrons. The van der Waals surface area contributed by atoms with E-state index in [0.717, 1.165) is 0 Å². The molecular formula is C13H19FN2O3. The van der Waals surface area contributed by atoms with E-state index in [1.165, 1.54) is 19.2 Å². The fraction of sp³-hybridized carbons (Fsp3) is 0.462. The summed E-state index contributed by atoms with van der Waals surface area (Å²) >= 11 is 0. The number of carbonyl (C=O) groups is 1. The Labute approximate surface area is 111 Å². The van der Waals surface area contributed by atoms with E-state index in [2.05, 4.69) is 5.32 Å². The Morgan fingerprint density at radius 2 is 2.32 bits per heavy atom. The van der Waals surface area contributed by atoms with Crippen molar-refractivity contribution >= 4 is 5.91 Å². The second-order valence-electron chi connectivity index (χ2n) is 3.95. The van der Waals surface area contributed by atoms with Crippen LogP contribution in [0.5, 0.6) is 5.75 Å². The van der Waals surface area contributed by atoms with E-state index in [1.54, 1.807) is 12.1 Å². The van der Waals surface area contributed by atoms with Gasteiger partial charge in [0.25, 0.3) is 0 Å². The van der Waals surface area contributed by atoms with Crippen molar-refractivity contribution in [2.45, 2.75) is 12.5 Å². The average Bonchev–Trinajstić information content (AvgIpc) is 2.41. The monoisotopic (exact) mass is 270 g/mol. The van der Waals surface area contributed by atoms with Gasteiger partial charge < -0.3 is 20.5 Å². The smallest absolute Gasteiger partial charge is 0.222 e. The molecule has 106 valence electrons. The van der Waals surface area contributed by atoms with Crippen LogP contribution in [0.4, 0.5) is 4.39 Å². The van der Waals surface area contributed by atoms with Crippen molar-refractivity contribution in [2.24, 2.45) is 5.73 Å². The minimum absolute atomic E-state index is 0.153. The molecule has 0 aromatic heterocycles. The molecule has 6 heteroatoms. The van der Waals surface area contributed by atoms with Gasteiger partial charge in [-0.2, -0.15) is 0 Å². The number of carbonyl (C=O) groups excluding carboxylic acids is 1. The number of ether oxygens (including phenoxy) is 2. The molecular weight excluding hydrogens is 251 g/mol. The number of benzene rings is 1. The second-order valence-corrected chi connectivity index (χ2v) is 3.95. The van der Waals surface area contributed by atoms with E-state index in [9.17, 15) is 9.18 Å². The third-order valence-electron chi connectivity index (χ3n) is 2.50. The highest BCUT2D eigenvalue weighted by Gasteiger charge is 2.10. The van der Waals surface area contributed by atoms with Gasteiger partial charge in [0.05, 0.1) is 19.1 Å². The van der Waals surface area contributed by atoms with E-state index in [1.807, 2.05) is 0 Å². The highest BCUT2D eigenvalue weighted by Crippen LogP contribution is 2.11. The standard InChI is InChI=1S/C13H19FN2O3/c1-18-12(9-15)8-13(17)16-5-6-19-11-4-2-3-10(14)7-11/h2-4,7,12H,5-6,8-9,15H2,1H3,(H,16,17). The Balaban J connectivity index is 2.18. The molecule has 1 rings (SSSR count). The summed E-state index contributed by atoms with van der Waals surface area (Å²) in [6.07, 6.45) is -0.0587. The number of hydrogen-bond donors (Lipinski definition) is 2. The predicted octanol–water partition coefficient (Wildman–Crippen LogP) is 0.684. The zero-order valence-corrected chi connectivity index (χ0v) is 10.9. The summed E-state index contributed by atoms with van der Waals surface area (Å²) in [5.74, 6) is -0.0708. The predicted molar refractivity (Wildman–Crippen MR) is 69.4 cm³/mol. The molecule has 0 aliphatic rings. The van der Waals surface area contributed by atoms with Gasteiger partial charge in [-0.1, -0.05) is 6.07 Å². The number of halogens is 1. The molecule has 0 spiro atoms. The van der Waals surface area contributed by atoms with Gasteiger partial charge in [0.2, 0.25) is 5.91 Å². The summed E-state index contributed by atoms with van der Waals surface area (Å²) in [4.78, 5) is 11.5. The summed E-state index contributed by atoms with van der Waals surface area (Å²) in [5.41, 5.74) is 5.41. The molecule has 1 atom stereocenters. The number of nitrogens with one attached hydrogen (secondary N) is 1. The number of amides is 1. The van der Waals surface area contributed by atoms with Gasteiger partial charge >= 0.3 is 0 Å². The first-order valence-corrected chi connectivity index (χ1v) is 6.03. The Morgan fingerprint density at radius 3 is 2.95 bits per heavy atom. The molecule has 1 aromatic carbocycles. The number of nitrogens with two attached hydrogens (primary N) is 1. The SMILES string of the molecule is COC(CN)CC(=O)NCCOc1cccc(F)c1. The Kier molecular flexibility index (Phi) is 6.84. The first-order valence-electron chi connectivity index (χ1n) is 6.03. The van der Waals surface area contributed by atoms with E-state index in [4.69, 9.17) is 15.2 Å². The molecule has 0 fully saturated rings. The van der Waals surface area contributed by atoms with Crippen molar-refractivity contribution in [3.8, 4) is 5.75 Å². The number of methoxy groups -OCH3 is 1. The lowest BCUT2D eigenvalue weighted by Gasteiger charge is -2.12. The molecule has 1 amide bonds. The lowest BCUT2D eigenvalue weighted by molar-refractivity contribution is -0.123. The van der Waals surface area contributed by atoms with Crippen LogP contribution in [0.15, 0.2) is 24.3 Å². The van der Waals surface area contributed by atoms with Gasteiger partial charge in [-0.3, -0.25) is 4.79 Å². The zero-order valence-electron chi connectivity index (χ0n) is 10.9. The molecule has 3 N–H and O–H groups in total. The highest BCUT2D eigenvalue weighted by molar-refractivity contribution is 5.76. The van der Waals surface area contributed by atoms with Crippen LogP contribution in [0.1, 0.15) is 6.42 Å². The van der Waals surface area contributed by atoms with Crippen LogP contribution < -0.4 is 15.8 Å². The third-order valence-corrected chi connectivity index (χ3v) is 2.50. The first-order chi connectivity index (χ1) is 9.15. The summed E-state index contributed by atoms with van der Waals surface area (Å²) in [6, 6.07) is 5.84. The lowest BCUT2D eigenvalue weighted by Crippen LogP contribution is -2.34. The molecule has 0 saturated heterocycles. The van der Waals surface area contributed by atoms with Crippen molar-refractivity contribution < 1.29 is 18.7 Å². The van der Waals surface area contributed by atoms with Gasteiger partial charge in [0.1, 0.15) is 18.2 Å². The Bertz CT molecular complexity index is 397. The van der Waals surface area contributed by atoms with Crippen LogP contribution in [0.3, 0.4) is 0 Å². The quantitative estimate of drug-likeness (QED) is 0.681. The van der Waals surface area contributed by atoms with Crippen LogP contribution in [-0.2, 0) is 9.53 Å². The van der Waals surface area contributed by atoms with Crippen molar-refractivity contribution in [1.82, 2.24) is 5.32 Å². The first kappa shape index (κ1) is 15.4.